The van der Waals surface area contributed by atoms with Crippen LogP contribution in [0.3, 0.4) is 0 Å². The Morgan fingerprint density at radius 2 is 1.71 bits per heavy atom. The lowest BCUT2D eigenvalue weighted by molar-refractivity contribution is 0.103. The molecule has 110 valence electrons. The summed E-state index contributed by atoms with van der Waals surface area (Å²) in [4.78, 5) is 12.4. The van der Waals surface area contributed by atoms with E-state index in [0.717, 1.165) is 19.3 Å². The highest BCUT2D eigenvalue weighted by Gasteiger charge is 2.16. The molecule has 0 saturated heterocycles. The van der Waals surface area contributed by atoms with Crippen molar-refractivity contribution in [2.24, 2.45) is 0 Å². The van der Waals surface area contributed by atoms with Gasteiger partial charge in [-0.05, 0) is 24.5 Å². The second kappa shape index (κ2) is 6.64. The molecular formula is C17H17ClO3. The maximum absolute atomic E-state index is 12.4. The molecule has 0 amide bonds. The molecule has 0 aliphatic rings. The van der Waals surface area contributed by atoms with Gasteiger partial charge in [0.05, 0.1) is 5.02 Å². The molecule has 2 N–H and O–H groups in total. The predicted molar refractivity (Wildman–Crippen MR) is 83.3 cm³/mol. The van der Waals surface area contributed by atoms with Crippen molar-refractivity contribution in [2.75, 3.05) is 0 Å². The average molecular weight is 305 g/mol. The van der Waals surface area contributed by atoms with Crippen LogP contribution in [0.5, 0.6) is 11.5 Å². The Bertz CT molecular complexity index is 648. The zero-order chi connectivity index (χ0) is 15.4. The Morgan fingerprint density at radius 3 is 2.33 bits per heavy atom. The molecule has 0 fully saturated rings. The van der Waals surface area contributed by atoms with Crippen LogP contribution in [0.15, 0.2) is 36.4 Å². The Labute approximate surface area is 128 Å². The van der Waals surface area contributed by atoms with Crippen LogP contribution in [0.1, 0.15) is 41.3 Å². The molecular weight excluding hydrogens is 288 g/mol. The van der Waals surface area contributed by atoms with Gasteiger partial charge in [-0.15, -0.1) is 0 Å². The fourth-order valence-corrected chi connectivity index (χ4v) is 2.33. The maximum atomic E-state index is 12.4. The number of halogens is 1. The molecule has 2 aromatic carbocycles. The number of phenols is 2. The van der Waals surface area contributed by atoms with E-state index in [1.165, 1.54) is 17.7 Å². The first kappa shape index (κ1) is 15.4. The molecule has 0 unspecified atom stereocenters. The highest BCUT2D eigenvalue weighted by Crippen LogP contribution is 2.32. The third-order valence-electron chi connectivity index (χ3n) is 3.34. The molecule has 21 heavy (non-hydrogen) atoms. The fraction of sp³-hybridized carbons (Fsp3) is 0.235. The summed E-state index contributed by atoms with van der Waals surface area (Å²) in [5.41, 5.74) is 1.86. The van der Waals surface area contributed by atoms with Crippen molar-refractivity contribution < 1.29 is 15.0 Å². The van der Waals surface area contributed by atoms with E-state index < -0.39 is 0 Å². The van der Waals surface area contributed by atoms with Gasteiger partial charge in [0.2, 0.25) is 0 Å². The lowest BCUT2D eigenvalue weighted by Gasteiger charge is -2.07. The van der Waals surface area contributed by atoms with Crippen LogP contribution in [0.25, 0.3) is 0 Å². The van der Waals surface area contributed by atoms with E-state index in [0.29, 0.717) is 5.56 Å². The number of unbranched alkanes of at least 4 members (excludes halogenated alkanes) is 1. The first-order valence-corrected chi connectivity index (χ1v) is 7.26. The summed E-state index contributed by atoms with van der Waals surface area (Å²) >= 11 is 5.95. The van der Waals surface area contributed by atoms with E-state index in [2.05, 4.69) is 6.92 Å². The van der Waals surface area contributed by atoms with Crippen LogP contribution in [0.2, 0.25) is 5.02 Å². The monoisotopic (exact) mass is 304 g/mol. The third kappa shape index (κ3) is 3.56. The Kier molecular flexibility index (Phi) is 4.86. The number of hydrogen-bond donors (Lipinski definition) is 2. The van der Waals surface area contributed by atoms with Crippen molar-refractivity contribution >= 4 is 17.4 Å². The van der Waals surface area contributed by atoms with E-state index in [1.807, 2.05) is 12.1 Å². The molecule has 3 nitrogen and oxygen atoms in total. The minimum atomic E-state index is -0.359. The number of benzene rings is 2. The van der Waals surface area contributed by atoms with Gasteiger partial charge in [-0.2, -0.15) is 0 Å². The van der Waals surface area contributed by atoms with Gasteiger partial charge in [0.1, 0.15) is 0 Å². The lowest BCUT2D eigenvalue weighted by atomic mass is 10.00. The van der Waals surface area contributed by atoms with E-state index in [9.17, 15) is 15.0 Å². The summed E-state index contributed by atoms with van der Waals surface area (Å²) in [5, 5.41) is 19.0. The van der Waals surface area contributed by atoms with E-state index in [4.69, 9.17) is 11.6 Å². The summed E-state index contributed by atoms with van der Waals surface area (Å²) in [6.07, 6.45) is 3.24. The number of ketones is 1. The number of aryl methyl sites for hydroxylation is 1. The molecule has 0 aromatic heterocycles. The van der Waals surface area contributed by atoms with E-state index >= 15 is 0 Å². The minimum Gasteiger partial charge on any atom is -0.504 e. The number of hydrogen-bond acceptors (Lipinski definition) is 3. The van der Waals surface area contributed by atoms with Crippen LogP contribution < -0.4 is 0 Å². The number of rotatable bonds is 5. The molecule has 2 rings (SSSR count). The van der Waals surface area contributed by atoms with Crippen molar-refractivity contribution in [1.29, 1.82) is 0 Å². The van der Waals surface area contributed by atoms with Crippen LogP contribution in [0, 0.1) is 0 Å². The highest BCUT2D eigenvalue weighted by atomic mass is 35.5. The standard InChI is InChI=1S/C17H17ClO3/c1-2-3-4-11-5-7-12(8-6-11)17(21)13-9-15(19)16(20)10-14(13)18/h5-10,19-20H,2-4H2,1H3. The summed E-state index contributed by atoms with van der Waals surface area (Å²) < 4.78 is 0. The number of phenolic OH excluding ortho intramolecular Hbond substituents is 2. The van der Waals surface area contributed by atoms with E-state index in [1.54, 1.807) is 12.1 Å². The summed E-state index contributed by atoms with van der Waals surface area (Å²) in [6, 6.07) is 9.72. The van der Waals surface area contributed by atoms with Crippen LogP contribution in [-0.2, 0) is 6.42 Å². The predicted octanol–water partition coefficient (Wildman–Crippen LogP) is 4.32. The van der Waals surface area contributed by atoms with Crippen LogP contribution >= 0.6 is 11.6 Å². The zero-order valence-electron chi connectivity index (χ0n) is 11.8. The largest absolute Gasteiger partial charge is 0.504 e. The SMILES string of the molecule is CCCCc1ccc(C(=O)c2cc(O)c(O)cc2Cl)cc1. The number of aromatic hydroxyl groups is 2. The normalized spacial score (nSPS) is 10.6. The molecule has 0 spiro atoms. The van der Waals surface area contributed by atoms with Gasteiger partial charge in [-0.3, -0.25) is 4.79 Å². The Hall–Kier alpha value is -2.00. The van der Waals surface area contributed by atoms with Crippen LogP contribution in [-0.4, -0.2) is 16.0 Å². The van der Waals surface area contributed by atoms with Gasteiger partial charge in [-0.25, -0.2) is 0 Å². The summed E-state index contributed by atoms with van der Waals surface area (Å²) in [6.45, 7) is 2.14. The lowest BCUT2D eigenvalue weighted by Crippen LogP contribution is -2.02. The molecule has 0 heterocycles. The quantitative estimate of drug-likeness (QED) is 0.638. The molecule has 0 aliphatic carbocycles. The number of carbonyl (C=O) groups excluding carboxylic acids is 1. The Balaban J connectivity index is 2.26. The topological polar surface area (TPSA) is 57.5 Å². The first-order chi connectivity index (χ1) is 10.0. The van der Waals surface area contributed by atoms with Gasteiger partial charge in [0.25, 0.3) is 0 Å². The highest BCUT2D eigenvalue weighted by molar-refractivity contribution is 6.35. The zero-order valence-corrected chi connectivity index (χ0v) is 12.5. The minimum absolute atomic E-state index is 0.116. The molecule has 0 bridgehead atoms. The van der Waals surface area contributed by atoms with Gasteiger partial charge in [0, 0.05) is 17.2 Å². The molecule has 0 atom stereocenters. The summed E-state index contributed by atoms with van der Waals surface area (Å²) in [7, 11) is 0. The van der Waals surface area contributed by atoms with E-state index in [-0.39, 0.29) is 27.9 Å². The van der Waals surface area contributed by atoms with Crippen LogP contribution in [0.4, 0.5) is 0 Å². The Morgan fingerprint density at radius 1 is 1.10 bits per heavy atom. The van der Waals surface area contributed by atoms with Gasteiger partial charge < -0.3 is 10.2 Å². The second-order valence-electron chi connectivity index (χ2n) is 4.95. The molecule has 0 saturated carbocycles. The number of carbonyl (C=O) groups is 1. The fourth-order valence-electron chi connectivity index (χ4n) is 2.08. The van der Waals surface area contributed by atoms with Gasteiger partial charge in [-0.1, -0.05) is 49.2 Å². The first-order valence-electron chi connectivity index (χ1n) is 6.88. The molecule has 2 aromatic rings. The van der Waals surface area contributed by atoms with Crippen molar-refractivity contribution in [3.8, 4) is 11.5 Å². The molecule has 0 aliphatic heterocycles. The van der Waals surface area contributed by atoms with Crippen molar-refractivity contribution in [3.05, 3.63) is 58.1 Å². The van der Waals surface area contributed by atoms with Gasteiger partial charge in [0.15, 0.2) is 17.3 Å². The molecule has 0 radical (unpaired) electrons. The van der Waals surface area contributed by atoms with Crippen molar-refractivity contribution in [3.63, 3.8) is 0 Å². The van der Waals surface area contributed by atoms with Crippen molar-refractivity contribution in [2.45, 2.75) is 26.2 Å². The summed E-state index contributed by atoms with van der Waals surface area (Å²) in [5.74, 6) is -0.980. The smallest absolute Gasteiger partial charge is 0.194 e. The molecule has 4 heteroatoms. The second-order valence-corrected chi connectivity index (χ2v) is 5.36. The third-order valence-corrected chi connectivity index (χ3v) is 3.66. The van der Waals surface area contributed by atoms with Gasteiger partial charge >= 0.3 is 0 Å². The van der Waals surface area contributed by atoms with Crippen molar-refractivity contribution in [1.82, 2.24) is 0 Å². The maximum Gasteiger partial charge on any atom is 0.194 e. The average Bonchev–Trinajstić information content (AvgIpc) is 2.48.